The summed E-state index contributed by atoms with van der Waals surface area (Å²) in [6.07, 6.45) is 8.35. The summed E-state index contributed by atoms with van der Waals surface area (Å²) in [7, 11) is 2.92. The van der Waals surface area contributed by atoms with Gasteiger partial charge in [0.25, 0.3) is 0 Å². The summed E-state index contributed by atoms with van der Waals surface area (Å²) in [4.78, 5) is 0. The topological polar surface area (TPSA) is 18.5 Å². The lowest BCUT2D eigenvalue weighted by Gasteiger charge is -2.20. The Kier molecular flexibility index (Phi) is 6.18. The van der Waals surface area contributed by atoms with Gasteiger partial charge in [-0.3, -0.25) is 0 Å². The zero-order valence-corrected chi connectivity index (χ0v) is 16.0. The standard InChI is InChI=1S/C22H27F3O2/c1-26-20-13-17-16(11-7-6-10-15-8-4-3-5-9-15)12-19(22(23,24)25)18(17)14-21(20)27-2/h11-15H,3-10H2,1-2H3. The van der Waals surface area contributed by atoms with Crippen LogP contribution >= 0.6 is 0 Å². The maximum atomic E-state index is 13.5. The van der Waals surface area contributed by atoms with Crippen molar-refractivity contribution < 1.29 is 22.6 Å². The fraction of sp³-hybridized carbons (Fsp3) is 0.545. The average Bonchev–Trinajstić information content (AvgIpc) is 3.03. The quantitative estimate of drug-likeness (QED) is 0.506. The summed E-state index contributed by atoms with van der Waals surface area (Å²) in [5.41, 5.74) is 0.746. The number of halogens is 3. The number of fused-ring (bicyclic) bond motifs is 1. The molecule has 1 aromatic carbocycles. The van der Waals surface area contributed by atoms with E-state index in [0.717, 1.165) is 18.8 Å². The smallest absolute Gasteiger partial charge is 0.417 e. The maximum Gasteiger partial charge on any atom is 0.417 e. The van der Waals surface area contributed by atoms with Gasteiger partial charge in [-0.1, -0.05) is 44.6 Å². The SMILES string of the molecule is COc1cc2c(cc1OC)C(C(F)(F)F)=CC2=CCCCC1CCCCC1. The number of allylic oxidation sites excluding steroid dienone is 4. The number of alkyl halides is 3. The predicted molar refractivity (Wildman–Crippen MR) is 102 cm³/mol. The normalized spacial score (nSPS) is 19.1. The maximum absolute atomic E-state index is 13.5. The number of benzene rings is 1. The Morgan fingerprint density at radius 1 is 1.00 bits per heavy atom. The Labute approximate surface area is 159 Å². The van der Waals surface area contributed by atoms with E-state index < -0.39 is 11.7 Å². The Hall–Kier alpha value is -1.91. The van der Waals surface area contributed by atoms with Crippen LogP contribution in [0.15, 0.2) is 24.3 Å². The van der Waals surface area contributed by atoms with Gasteiger partial charge in [-0.15, -0.1) is 0 Å². The van der Waals surface area contributed by atoms with E-state index in [0.29, 0.717) is 22.6 Å². The number of unbranched alkanes of at least 4 members (excludes halogenated alkanes) is 1. The zero-order valence-electron chi connectivity index (χ0n) is 16.0. The second kappa shape index (κ2) is 8.41. The Bertz CT molecular complexity index is 726. The van der Waals surface area contributed by atoms with Crippen molar-refractivity contribution in [3.8, 4) is 11.5 Å². The highest BCUT2D eigenvalue weighted by molar-refractivity contribution is 5.98. The number of ether oxygens (including phenoxy) is 2. The van der Waals surface area contributed by atoms with Crippen molar-refractivity contribution in [1.82, 2.24) is 0 Å². The lowest BCUT2D eigenvalue weighted by Crippen LogP contribution is -2.09. The Balaban J connectivity index is 1.80. The van der Waals surface area contributed by atoms with Gasteiger partial charge in [0.05, 0.1) is 19.8 Å². The minimum atomic E-state index is -4.40. The van der Waals surface area contributed by atoms with E-state index in [1.165, 1.54) is 64.9 Å². The molecule has 0 unspecified atom stereocenters. The third-order valence-corrected chi connectivity index (χ3v) is 5.64. The van der Waals surface area contributed by atoms with Crippen molar-refractivity contribution in [2.45, 2.75) is 57.5 Å². The molecule has 1 fully saturated rings. The predicted octanol–water partition coefficient (Wildman–Crippen LogP) is 6.80. The average molecular weight is 380 g/mol. The molecule has 0 aliphatic heterocycles. The molecular weight excluding hydrogens is 353 g/mol. The molecule has 0 heterocycles. The first-order valence-corrected chi connectivity index (χ1v) is 9.70. The summed E-state index contributed by atoms with van der Waals surface area (Å²) in [6.45, 7) is 0. The Morgan fingerprint density at radius 3 is 2.22 bits per heavy atom. The minimum absolute atomic E-state index is 0.165. The van der Waals surface area contributed by atoms with Crippen LogP contribution in [-0.4, -0.2) is 20.4 Å². The van der Waals surface area contributed by atoms with Gasteiger partial charge in [-0.2, -0.15) is 13.2 Å². The molecule has 2 nitrogen and oxygen atoms in total. The van der Waals surface area contributed by atoms with E-state index in [4.69, 9.17) is 9.47 Å². The molecule has 0 bridgehead atoms. The molecule has 0 radical (unpaired) electrons. The van der Waals surface area contributed by atoms with Crippen molar-refractivity contribution in [3.05, 3.63) is 35.4 Å². The summed E-state index contributed by atoms with van der Waals surface area (Å²) in [5.74, 6) is 1.55. The summed E-state index contributed by atoms with van der Waals surface area (Å²) in [6, 6.07) is 3.08. The third-order valence-electron chi connectivity index (χ3n) is 5.64. The molecule has 0 amide bonds. The van der Waals surface area contributed by atoms with Crippen LogP contribution in [0, 0.1) is 5.92 Å². The third kappa shape index (κ3) is 4.50. The van der Waals surface area contributed by atoms with Gasteiger partial charge in [0, 0.05) is 0 Å². The van der Waals surface area contributed by atoms with Gasteiger partial charge >= 0.3 is 6.18 Å². The summed E-state index contributed by atoms with van der Waals surface area (Å²) < 4.78 is 50.9. The van der Waals surface area contributed by atoms with Gasteiger partial charge < -0.3 is 9.47 Å². The molecule has 2 aliphatic carbocycles. The fourth-order valence-corrected chi connectivity index (χ4v) is 4.19. The van der Waals surface area contributed by atoms with Crippen LogP contribution in [0.25, 0.3) is 11.1 Å². The van der Waals surface area contributed by atoms with E-state index in [-0.39, 0.29) is 5.56 Å². The van der Waals surface area contributed by atoms with Crippen LogP contribution in [0.3, 0.4) is 0 Å². The largest absolute Gasteiger partial charge is 0.493 e. The van der Waals surface area contributed by atoms with E-state index in [2.05, 4.69) is 0 Å². The van der Waals surface area contributed by atoms with Crippen LogP contribution in [0.5, 0.6) is 11.5 Å². The molecule has 0 spiro atoms. The second-order valence-electron chi connectivity index (χ2n) is 7.40. The van der Waals surface area contributed by atoms with Crippen molar-refractivity contribution >= 4 is 11.1 Å². The highest BCUT2D eigenvalue weighted by Crippen LogP contribution is 2.48. The number of hydrogen-bond donors (Lipinski definition) is 0. The van der Waals surface area contributed by atoms with Crippen molar-refractivity contribution in [1.29, 1.82) is 0 Å². The van der Waals surface area contributed by atoms with Gasteiger partial charge in [0.15, 0.2) is 11.5 Å². The molecule has 2 aliphatic rings. The molecule has 1 aromatic rings. The fourth-order valence-electron chi connectivity index (χ4n) is 4.19. The molecule has 0 aromatic heterocycles. The van der Waals surface area contributed by atoms with Crippen LogP contribution in [-0.2, 0) is 0 Å². The van der Waals surface area contributed by atoms with E-state index in [1.807, 2.05) is 6.08 Å². The zero-order chi connectivity index (χ0) is 19.4. The first-order chi connectivity index (χ1) is 12.9. The second-order valence-corrected chi connectivity index (χ2v) is 7.40. The van der Waals surface area contributed by atoms with Crippen molar-refractivity contribution in [3.63, 3.8) is 0 Å². The lowest BCUT2D eigenvalue weighted by molar-refractivity contribution is -0.0687. The van der Waals surface area contributed by atoms with Crippen LogP contribution in [0.2, 0.25) is 0 Å². The molecule has 1 saturated carbocycles. The van der Waals surface area contributed by atoms with Crippen LogP contribution < -0.4 is 9.47 Å². The monoisotopic (exact) mass is 380 g/mol. The van der Waals surface area contributed by atoms with Gasteiger partial charge in [0.2, 0.25) is 0 Å². The van der Waals surface area contributed by atoms with Crippen molar-refractivity contribution in [2.75, 3.05) is 14.2 Å². The number of hydrogen-bond acceptors (Lipinski definition) is 2. The Morgan fingerprint density at radius 2 is 1.63 bits per heavy atom. The minimum Gasteiger partial charge on any atom is -0.493 e. The number of rotatable bonds is 6. The van der Waals surface area contributed by atoms with E-state index in [1.54, 1.807) is 6.07 Å². The van der Waals surface area contributed by atoms with E-state index in [9.17, 15) is 13.2 Å². The lowest BCUT2D eigenvalue weighted by atomic mass is 9.86. The van der Waals surface area contributed by atoms with Gasteiger partial charge in [0.1, 0.15) is 0 Å². The molecule has 0 N–H and O–H groups in total. The molecule has 5 heteroatoms. The van der Waals surface area contributed by atoms with Crippen LogP contribution in [0.4, 0.5) is 13.2 Å². The first-order valence-electron chi connectivity index (χ1n) is 9.70. The summed E-state index contributed by atoms with van der Waals surface area (Å²) in [5, 5.41) is 0. The van der Waals surface area contributed by atoms with Crippen molar-refractivity contribution in [2.24, 2.45) is 5.92 Å². The molecule has 148 valence electrons. The van der Waals surface area contributed by atoms with Crippen LogP contribution in [0.1, 0.15) is 62.5 Å². The number of methoxy groups -OCH3 is 2. The highest BCUT2D eigenvalue weighted by Gasteiger charge is 2.39. The highest BCUT2D eigenvalue weighted by atomic mass is 19.4. The molecule has 27 heavy (non-hydrogen) atoms. The molecule has 0 atom stereocenters. The summed E-state index contributed by atoms with van der Waals surface area (Å²) >= 11 is 0. The molecule has 3 rings (SSSR count). The molecular formula is C22H27F3O2. The van der Waals surface area contributed by atoms with E-state index >= 15 is 0 Å². The molecule has 0 saturated heterocycles. The first kappa shape index (κ1) is 19.8. The van der Waals surface area contributed by atoms with Gasteiger partial charge in [-0.05, 0) is 53.7 Å². The van der Waals surface area contributed by atoms with Gasteiger partial charge in [-0.25, -0.2) is 0 Å².